The van der Waals surface area contributed by atoms with Crippen molar-refractivity contribution in [3.63, 3.8) is 0 Å². The lowest BCUT2D eigenvalue weighted by Gasteiger charge is -2.45. The third-order valence-electron chi connectivity index (χ3n) is 10.1. The molecular formula is C28H34ClF3N4O3. The van der Waals surface area contributed by atoms with Gasteiger partial charge in [0.15, 0.2) is 5.96 Å². The molecule has 39 heavy (non-hydrogen) atoms. The molecule has 1 aromatic rings. The van der Waals surface area contributed by atoms with Gasteiger partial charge in [0.1, 0.15) is 0 Å². The fourth-order valence-electron chi connectivity index (χ4n) is 8.53. The second-order valence-electron chi connectivity index (χ2n) is 12.7. The van der Waals surface area contributed by atoms with Gasteiger partial charge in [-0.3, -0.25) is 19.9 Å². The number of benzene rings is 1. The topological polar surface area (TPSA) is 94.5 Å². The smallest absolute Gasteiger partial charge is 0.378 e. The van der Waals surface area contributed by atoms with Crippen molar-refractivity contribution >= 4 is 35.1 Å². The monoisotopic (exact) mass is 566 g/mol. The minimum Gasteiger partial charge on any atom is -0.378 e. The summed E-state index contributed by atoms with van der Waals surface area (Å²) in [4.78, 5) is 28.5. The first-order chi connectivity index (χ1) is 18.3. The highest BCUT2D eigenvalue weighted by atomic mass is 35.5. The quantitative estimate of drug-likeness (QED) is 0.444. The molecular weight excluding hydrogens is 533 g/mol. The van der Waals surface area contributed by atoms with Gasteiger partial charge in [0, 0.05) is 12.6 Å². The maximum absolute atomic E-state index is 14.1. The number of nitrogens with zero attached hydrogens (tertiary/aromatic N) is 1. The van der Waals surface area contributed by atoms with Crippen molar-refractivity contribution in [2.24, 2.45) is 22.7 Å². The molecule has 2 heterocycles. The molecule has 0 aromatic heterocycles. The lowest BCUT2D eigenvalue weighted by atomic mass is 9.66. The molecule has 0 spiro atoms. The molecule has 2 saturated heterocycles. The van der Waals surface area contributed by atoms with E-state index in [1.54, 1.807) is 25.1 Å². The fraction of sp³-hybridized carbons (Fsp3) is 0.679. The number of rotatable bonds is 4. The van der Waals surface area contributed by atoms with E-state index in [0.29, 0.717) is 43.5 Å². The van der Waals surface area contributed by atoms with Crippen molar-refractivity contribution < 1.29 is 27.5 Å². The van der Waals surface area contributed by atoms with Gasteiger partial charge in [-0.25, -0.2) is 0 Å². The van der Waals surface area contributed by atoms with E-state index in [1.807, 2.05) is 6.92 Å². The average Bonchev–Trinajstić information content (AvgIpc) is 3.23. The van der Waals surface area contributed by atoms with Gasteiger partial charge in [0.2, 0.25) is 11.8 Å². The molecule has 1 aromatic carbocycles. The predicted octanol–water partition coefficient (Wildman–Crippen LogP) is 5.58. The Hall–Kier alpha value is -2.33. The number of halogens is 4. The molecule has 4 aliphatic carbocycles. The van der Waals surface area contributed by atoms with Crippen LogP contribution in [0.5, 0.6) is 0 Å². The van der Waals surface area contributed by atoms with Crippen LogP contribution in [0.3, 0.4) is 0 Å². The zero-order valence-electron chi connectivity index (χ0n) is 22.1. The Morgan fingerprint density at radius 3 is 2.72 bits per heavy atom. The molecule has 6 aliphatic rings. The zero-order chi connectivity index (χ0) is 28.0. The number of nitrogens with one attached hydrogen (secondary N) is 3. The number of hydrogen-bond donors (Lipinski definition) is 3. The van der Waals surface area contributed by atoms with E-state index in [2.05, 4.69) is 10.6 Å². The summed E-state index contributed by atoms with van der Waals surface area (Å²) in [5.41, 5.74) is -2.95. The molecule has 4 saturated carbocycles. The molecule has 2 amide bonds. The first-order valence-electron chi connectivity index (χ1n) is 13.7. The second kappa shape index (κ2) is 8.83. The largest absolute Gasteiger partial charge is 0.394 e. The van der Waals surface area contributed by atoms with E-state index in [4.69, 9.17) is 21.7 Å². The fourth-order valence-corrected chi connectivity index (χ4v) is 8.91. The molecule has 4 unspecified atom stereocenters. The number of hydrogen-bond acceptors (Lipinski definition) is 4. The highest BCUT2D eigenvalue weighted by Gasteiger charge is 2.74. The van der Waals surface area contributed by atoms with Crippen molar-refractivity contribution in [2.75, 3.05) is 11.9 Å². The van der Waals surface area contributed by atoms with Gasteiger partial charge in [-0.15, -0.1) is 0 Å². The SMILES string of the molecule is C[C@@H]1C[C@H](N2C(=N)N[C@](C)(c3cccc(NC(=O)C45CC6CC4CC(C(F)(F)F)(C6)C5)c3Cl)CC2=O)CCO1. The van der Waals surface area contributed by atoms with Crippen LogP contribution in [0.1, 0.15) is 70.8 Å². The minimum atomic E-state index is -4.32. The molecule has 4 bridgehead atoms. The number of alkyl halides is 3. The highest BCUT2D eigenvalue weighted by molar-refractivity contribution is 6.34. The van der Waals surface area contributed by atoms with Crippen molar-refractivity contribution in [3.8, 4) is 0 Å². The van der Waals surface area contributed by atoms with Gasteiger partial charge in [-0.2, -0.15) is 13.2 Å². The van der Waals surface area contributed by atoms with E-state index in [-0.39, 0.29) is 66.6 Å². The van der Waals surface area contributed by atoms with Crippen molar-refractivity contribution in [3.05, 3.63) is 28.8 Å². The van der Waals surface area contributed by atoms with Crippen LogP contribution in [0.4, 0.5) is 18.9 Å². The number of carbonyl (C=O) groups excluding carboxylic acids is 2. The van der Waals surface area contributed by atoms with E-state index in [0.717, 1.165) is 0 Å². The summed E-state index contributed by atoms with van der Waals surface area (Å²) < 4.78 is 47.8. The molecule has 7 nitrogen and oxygen atoms in total. The Balaban J connectivity index is 1.23. The van der Waals surface area contributed by atoms with Crippen LogP contribution < -0.4 is 10.6 Å². The molecule has 7 rings (SSSR count). The number of ether oxygens (including phenoxy) is 1. The number of guanidine groups is 1. The summed E-state index contributed by atoms with van der Waals surface area (Å²) in [5, 5.41) is 14.9. The lowest BCUT2D eigenvalue weighted by molar-refractivity contribution is -0.239. The van der Waals surface area contributed by atoms with E-state index in [1.165, 1.54) is 4.90 Å². The number of carbonyl (C=O) groups is 2. The van der Waals surface area contributed by atoms with Crippen LogP contribution in [-0.4, -0.2) is 47.6 Å². The summed E-state index contributed by atoms with van der Waals surface area (Å²) in [7, 11) is 0. The first kappa shape index (κ1) is 26.9. The highest BCUT2D eigenvalue weighted by Crippen LogP contribution is 2.74. The van der Waals surface area contributed by atoms with Gasteiger partial charge in [-0.05, 0) is 82.3 Å². The molecule has 6 fully saturated rings. The standard InChI is InChI=1S/C28H34ClF3N4O3/c1-15-8-18(6-7-39-15)36-21(37)13-25(2,35-24(36)33)19-4-3-5-20(22(19)29)34-23(38)27-11-16-9-17(27)12-26(10-16,14-27)28(30,31)32/h3-5,15-18H,6-14H2,1-2H3,(H2,33,35)(H,34,38)/t15-,16?,17?,18-,25+,26?,27?/m1/s1. The van der Waals surface area contributed by atoms with Gasteiger partial charge < -0.3 is 15.4 Å². The Morgan fingerprint density at radius 2 is 2.03 bits per heavy atom. The summed E-state index contributed by atoms with van der Waals surface area (Å²) in [6.45, 7) is 4.27. The van der Waals surface area contributed by atoms with Crippen LogP contribution in [0.2, 0.25) is 5.02 Å². The van der Waals surface area contributed by atoms with Crippen LogP contribution >= 0.6 is 11.6 Å². The molecule has 11 heteroatoms. The molecule has 3 N–H and O–H groups in total. The maximum Gasteiger partial charge on any atom is 0.394 e. The predicted molar refractivity (Wildman–Crippen MR) is 139 cm³/mol. The summed E-state index contributed by atoms with van der Waals surface area (Å²) >= 11 is 6.81. The normalized spacial score (nSPS) is 39.7. The van der Waals surface area contributed by atoms with Crippen LogP contribution in [-0.2, 0) is 19.9 Å². The van der Waals surface area contributed by atoms with Gasteiger partial charge in [0.05, 0.1) is 39.6 Å². The van der Waals surface area contributed by atoms with Gasteiger partial charge in [-0.1, -0.05) is 23.7 Å². The van der Waals surface area contributed by atoms with Crippen molar-refractivity contribution in [1.29, 1.82) is 5.41 Å². The third-order valence-corrected chi connectivity index (χ3v) is 10.6. The second-order valence-corrected chi connectivity index (χ2v) is 13.1. The first-order valence-corrected chi connectivity index (χ1v) is 14.1. The Bertz CT molecular complexity index is 1220. The Morgan fingerprint density at radius 1 is 1.26 bits per heavy atom. The molecule has 0 radical (unpaired) electrons. The summed E-state index contributed by atoms with van der Waals surface area (Å²) in [6, 6.07) is 4.97. The maximum atomic E-state index is 14.1. The van der Waals surface area contributed by atoms with Gasteiger partial charge in [0.25, 0.3) is 0 Å². The Kier molecular flexibility index (Phi) is 6.09. The Labute approximate surface area is 230 Å². The molecule has 7 atom stereocenters. The van der Waals surface area contributed by atoms with Crippen LogP contribution in [0.25, 0.3) is 0 Å². The van der Waals surface area contributed by atoms with E-state index in [9.17, 15) is 22.8 Å². The van der Waals surface area contributed by atoms with E-state index >= 15 is 0 Å². The number of amides is 2. The third kappa shape index (κ3) is 4.07. The molecule has 2 aliphatic heterocycles. The summed E-state index contributed by atoms with van der Waals surface area (Å²) in [5.74, 6) is -0.967. The summed E-state index contributed by atoms with van der Waals surface area (Å²) in [6.07, 6.45) is -1.86. The van der Waals surface area contributed by atoms with Gasteiger partial charge >= 0.3 is 6.18 Å². The van der Waals surface area contributed by atoms with Crippen LogP contribution in [0.15, 0.2) is 18.2 Å². The minimum absolute atomic E-state index is 0.00288. The zero-order valence-corrected chi connectivity index (χ0v) is 22.8. The van der Waals surface area contributed by atoms with Crippen LogP contribution in [0, 0.1) is 28.1 Å². The average molecular weight is 567 g/mol. The van der Waals surface area contributed by atoms with Crippen molar-refractivity contribution in [2.45, 2.75) is 89.1 Å². The van der Waals surface area contributed by atoms with E-state index < -0.39 is 28.5 Å². The number of anilines is 1. The lowest BCUT2D eigenvalue weighted by Crippen LogP contribution is -2.63. The van der Waals surface area contributed by atoms with Crippen molar-refractivity contribution in [1.82, 2.24) is 10.2 Å². The molecule has 212 valence electrons.